The molecule has 0 spiro atoms. The highest BCUT2D eigenvalue weighted by Crippen LogP contribution is 2.16. The maximum Gasteiger partial charge on any atom is 0.408 e. The van der Waals surface area contributed by atoms with Crippen LogP contribution < -0.4 is 15.4 Å². The smallest absolute Gasteiger partial charge is 0.408 e. The Morgan fingerprint density at radius 1 is 1.06 bits per heavy atom. The van der Waals surface area contributed by atoms with Crippen LogP contribution in [0.15, 0.2) is 30.3 Å². The molecule has 2 N–H and O–H groups in total. The molecule has 8 nitrogen and oxygen atoms in total. The van der Waals surface area contributed by atoms with Crippen LogP contribution in [0.3, 0.4) is 0 Å². The van der Waals surface area contributed by atoms with Crippen molar-refractivity contribution < 1.29 is 23.9 Å². The summed E-state index contributed by atoms with van der Waals surface area (Å²) in [6, 6.07) is 9.55. The van der Waals surface area contributed by atoms with Crippen molar-refractivity contribution in [2.75, 3.05) is 32.8 Å². The Balaban J connectivity index is 1.54. The molecule has 0 aliphatic carbocycles. The zero-order valence-corrected chi connectivity index (χ0v) is 18.8. The van der Waals surface area contributed by atoms with Gasteiger partial charge in [0, 0.05) is 26.1 Å². The maximum absolute atomic E-state index is 12.3. The van der Waals surface area contributed by atoms with Gasteiger partial charge < -0.3 is 25.0 Å². The highest BCUT2D eigenvalue weighted by atomic mass is 16.6. The lowest BCUT2D eigenvalue weighted by Gasteiger charge is -2.32. The minimum Gasteiger partial charge on any atom is -0.494 e. The Hall–Kier alpha value is -2.77. The minimum absolute atomic E-state index is 0.0247. The van der Waals surface area contributed by atoms with Crippen LogP contribution in [0.4, 0.5) is 4.79 Å². The van der Waals surface area contributed by atoms with E-state index < -0.39 is 11.7 Å². The third-order valence-electron chi connectivity index (χ3n) is 4.90. The number of nitrogens with zero attached hydrogens (tertiary/aromatic N) is 1. The van der Waals surface area contributed by atoms with Crippen LogP contribution in [0.2, 0.25) is 0 Å². The standard InChI is InChI=1S/C23H35N3O5/c1-23(2,3)31-22(29)25-17-21(28)26-13-11-18(12-14-26)16-24-20(27)10-7-15-30-19-8-5-4-6-9-19/h4-6,8-9,18H,7,10-17H2,1-3H3,(H,24,27)(H,25,29). The lowest BCUT2D eigenvalue weighted by molar-refractivity contribution is -0.131. The van der Waals surface area contributed by atoms with E-state index in [0.717, 1.165) is 18.6 Å². The molecule has 1 saturated heterocycles. The van der Waals surface area contributed by atoms with E-state index in [0.29, 0.717) is 45.0 Å². The Bertz CT molecular complexity index is 710. The normalized spacial score (nSPS) is 14.6. The molecule has 0 radical (unpaired) electrons. The predicted octanol–water partition coefficient (Wildman–Crippen LogP) is 2.73. The summed E-state index contributed by atoms with van der Waals surface area (Å²) in [6.07, 6.45) is 2.16. The number of amides is 3. The van der Waals surface area contributed by atoms with E-state index in [1.54, 1.807) is 25.7 Å². The van der Waals surface area contributed by atoms with Gasteiger partial charge in [-0.2, -0.15) is 0 Å². The van der Waals surface area contributed by atoms with Crippen molar-refractivity contribution in [3.05, 3.63) is 30.3 Å². The summed E-state index contributed by atoms with van der Waals surface area (Å²) in [7, 11) is 0. The number of para-hydroxylation sites is 1. The molecule has 1 heterocycles. The van der Waals surface area contributed by atoms with E-state index in [1.165, 1.54) is 0 Å². The number of nitrogens with one attached hydrogen (secondary N) is 2. The van der Waals surface area contributed by atoms with E-state index in [1.807, 2.05) is 30.3 Å². The summed E-state index contributed by atoms with van der Waals surface area (Å²) in [5.74, 6) is 1.07. The maximum atomic E-state index is 12.3. The number of rotatable bonds is 9. The second-order valence-electron chi connectivity index (χ2n) is 8.75. The zero-order chi connectivity index (χ0) is 22.7. The number of carbonyl (C=O) groups excluding carboxylic acids is 3. The molecular formula is C23H35N3O5. The second-order valence-corrected chi connectivity index (χ2v) is 8.75. The molecule has 3 amide bonds. The van der Waals surface area contributed by atoms with Gasteiger partial charge in [0.1, 0.15) is 17.9 Å². The molecule has 1 fully saturated rings. The zero-order valence-electron chi connectivity index (χ0n) is 18.8. The van der Waals surface area contributed by atoms with Crippen molar-refractivity contribution in [2.24, 2.45) is 5.92 Å². The monoisotopic (exact) mass is 433 g/mol. The molecule has 8 heteroatoms. The second kappa shape index (κ2) is 12.2. The summed E-state index contributed by atoms with van der Waals surface area (Å²) in [6.45, 7) is 7.64. The molecule has 1 aliphatic heterocycles. The Morgan fingerprint density at radius 3 is 2.39 bits per heavy atom. The first-order valence-electron chi connectivity index (χ1n) is 10.9. The molecule has 1 aromatic carbocycles. The van der Waals surface area contributed by atoms with E-state index in [-0.39, 0.29) is 18.4 Å². The number of hydrogen-bond acceptors (Lipinski definition) is 5. The summed E-state index contributed by atoms with van der Waals surface area (Å²) < 4.78 is 10.7. The largest absolute Gasteiger partial charge is 0.494 e. The molecule has 0 aromatic heterocycles. The highest BCUT2D eigenvalue weighted by molar-refractivity contribution is 5.82. The van der Waals surface area contributed by atoms with Gasteiger partial charge in [-0.3, -0.25) is 9.59 Å². The van der Waals surface area contributed by atoms with Crippen molar-refractivity contribution in [1.82, 2.24) is 15.5 Å². The van der Waals surface area contributed by atoms with Crippen molar-refractivity contribution in [2.45, 2.75) is 52.1 Å². The number of benzene rings is 1. The fourth-order valence-electron chi connectivity index (χ4n) is 3.25. The Morgan fingerprint density at radius 2 is 1.74 bits per heavy atom. The summed E-state index contributed by atoms with van der Waals surface area (Å²) in [4.78, 5) is 37.7. The first-order valence-corrected chi connectivity index (χ1v) is 10.9. The van der Waals surface area contributed by atoms with E-state index in [4.69, 9.17) is 9.47 Å². The molecule has 0 atom stereocenters. The van der Waals surface area contributed by atoms with Gasteiger partial charge >= 0.3 is 6.09 Å². The van der Waals surface area contributed by atoms with Gasteiger partial charge in [0.2, 0.25) is 11.8 Å². The molecule has 1 aliphatic rings. The van der Waals surface area contributed by atoms with Crippen molar-refractivity contribution in [3.8, 4) is 5.75 Å². The van der Waals surface area contributed by atoms with Gasteiger partial charge in [-0.15, -0.1) is 0 Å². The molecule has 1 aromatic rings. The van der Waals surface area contributed by atoms with Gasteiger partial charge in [-0.05, 0) is 58.1 Å². The Kier molecular flexibility index (Phi) is 9.62. The predicted molar refractivity (Wildman–Crippen MR) is 118 cm³/mol. The van der Waals surface area contributed by atoms with Gasteiger partial charge in [0.05, 0.1) is 6.61 Å². The average molecular weight is 434 g/mol. The fraction of sp³-hybridized carbons (Fsp3) is 0.609. The Labute approximate surface area is 184 Å². The number of carbonyl (C=O) groups is 3. The molecule has 31 heavy (non-hydrogen) atoms. The van der Waals surface area contributed by atoms with Crippen molar-refractivity contribution in [3.63, 3.8) is 0 Å². The molecular weight excluding hydrogens is 398 g/mol. The van der Waals surface area contributed by atoms with Crippen LogP contribution in [0, 0.1) is 5.92 Å². The summed E-state index contributed by atoms with van der Waals surface area (Å²) in [5, 5.41) is 5.49. The van der Waals surface area contributed by atoms with Gasteiger partial charge in [-0.1, -0.05) is 18.2 Å². The quantitative estimate of drug-likeness (QED) is 0.584. The van der Waals surface area contributed by atoms with Crippen LogP contribution in [-0.4, -0.2) is 61.2 Å². The molecule has 2 rings (SSSR count). The van der Waals surface area contributed by atoms with Crippen LogP contribution in [0.1, 0.15) is 46.5 Å². The molecule has 0 unspecified atom stereocenters. The van der Waals surface area contributed by atoms with Gasteiger partial charge in [0.25, 0.3) is 0 Å². The summed E-state index contributed by atoms with van der Waals surface area (Å²) in [5.41, 5.74) is -0.592. The van der Waals surface area contributed by atoms with E-state index in [2.05, 4.69) is 10.6 Å². The molecule has 0 bridgehead atoms. The summed E-state index contributed by atoms with van der Waals surface area (Å²) >= 11 is 0. The van der Waals surface area contributed by atoms with E-state index >= 15 is 0 Å². The van der Waals surface area contributed by atoms with E-state index in [9.17, 15) is 14.4 Å². The number of piperidine rings is 1. The van der Waals surface area contributed by atoms with Crippen molar-refractivity contribution >= 4 is 17.9 Å². The fourth-order valence-corrected chi connectivity index (χ4v) is 3.25. The highest BCUT2D eigenvalue weighted by Gasteiger charge is 2.24. The molecule has 172 valence electrons. The number of hydrogen-bond donors (Lipinski definition) is 2. The van der Waals surface area contributed by atoms with Crippen LogP contribution >= 0.6 is 0 Å². The van der Waals surface area contributed by atoms with Crippen LogP contribution in [0.5, 0.6) is 5.75 Å². The minimum atomic E-state index is -0.592. The van der Waals surface area contributed by atoms with Crippen LogP contribution in [0.25, 0.3) is 0 Å². The SMILES string of the molecule is CC(C)(C)OC(=O)NCC(=O)N1CCC(CNC(=O)CCCOc2ccccc2)CC1. The first-order chi connectivity index (χ1) is 14.7. The topological polar surface area (TPSA) is 97.0 Å². The first kappa shape index (κ1) is 24.5. The lowest BCUT2D eigenvalue weighted by Crippen LogP contribution is -2.46. The van der Waals surface area contributed by atoms with Crippen LogP contribution in [-0.2, 0) is 14.3 Å². The van der Waals surface area contributed by atoms with Gasteiger partial charge in [-0.25, -0.2) is 4.79 Å². The number of alkyl carbamates (subject to hydrolysis) is 1. The lowest BCUT2D eigenvalue weighted by atomic mass is 9.96. The van der Waals surface area contributed by atoms with Gasteiger partial charge in [0.15, 0.2) is 0 Å². The average Bonchev–Trinajstić information content (AvgIpc) is 2.73. The number of likely N-dealkylation sites (tertiary alicyclic amines) is 1. The third-order valence-corrected chi connectivity index (χ3v) is 4.90. The number of ether oxygens (including phenoxy) is 2. The van der Waals surface area contributed by atoms with Crippen molar-refractivity contribution in [1.29, 1.82) is 0 Å². The third kappa shape index (κ3) is 10.2. The molecule has 0 saturated carbocycles.